The van der Waals surface area contributed by atoms with Crippen LogP contribution in [0.15, 0.2) is 40.2 Å². The lowest BCUT2D eigenvalue weighted by molar-refractivity contribution is 0.546. The molecule has 2 aromatic rings. The molecule has 1 aromatic carbocycles. The van der Waals surface area contributed by atoms with Crippen LogP contribution in [-0.4, -0.2) is 6.04 Å². The Hall–Kier alpha value is -0.710. The number of benzene rings is 1. The Bertz CT molecular complexity index is 512. The maximum Gasteiger partial charge on any atom is 0.123 e. The Morgan fingerprint density at radius 2 is 2.17 bits per heavy atom. The minimum absolute atomic E-state index is 0.165. The summed E-state index contributed by atoms with van der Waals surface area (Å²) >= 11 is 5.18. The summed E-state index contributed by atoms with van der Waals surface area (Å²) < 4.78 is 14.2. The molecule has 18 heavy (non-hydrogen) atoms. The van der Waals surface area contributed by atoms with E-state index >= 15 is 0 Å². The second-order valence-electron chi connectivity index (χ2n) is 4.32. The van der Waals surface area contributed by atoms with Gasteiger partial charge in [-0.2, -0.15) is 0 Å². The summed E-state index contributed by atoms with van der Waals surface area (Å²) in [4.78, 5) is 1.30. The standard InChI is InChI=1S/C14H15BrFNS/c1-10(7-11-3-2-4-12(16)8-11)17-9-13-5-6-14(15)18-13/h2-6,8,10,17H,7,9H2,1H3. The van der Waals surface area contributed by atoms with E-state index in [0.29, 0.717) is 6.04 Å². The van der Waals surface area contributed by atoms with E-state index in [9.17, 15) is 4.39 Å². The van der Waals surface area contributed by atoms with Gasteiger partial charge in [0.1, 0.15) is 5.82 Å². The molecule has 1 nitrogen and oxygen atoms in total. The van der Waals surface area contributed by atoms with Gasteiger partial charge in [0.15, 0.2) is 0 Å². The summed E-state index contributed by atoms with van der Waals surface area (Å²) in [6.45, 7) is 2.97. The van der Waals surface area contributed by atoms with Crippen LogP contribution in [0, 0.1) is 5.82 Å². The highest BCUT2D eigenvalue weighted by Gasteiger charge is 2.05. The van der Waals surface area contributed by atoms with Crippen LogP contribution in [0.2, 0.25) is 0 Å². The molecule has 0 aliphatic rings. The summed E-state index contributed by atoms with van der Waals surface area (Å²) in [6, 6.07) is 11.3. The van der Waals surface area contributed by atoms with Gasteiger partial charge in [0.2, 0.25) is 0 Å². The first-order valence-electron chi connectivity index (χ1n) is 5.85. The second-order valence-corrected chi connectivity index (χ2v) is 6.87. The normalized spacial score (nSPS) is 12.6. The Kier molecular flexibility index (Phi) is 4.92. The fourth-order valence-electron chi connectivity index (χ4n) is 1.81. The number of nitrogens with one attached hydrogen (secondary N) is 1. The molecule has 0 spiro atoms. The van der Waals surface area contributed by atoms with E-state index in [2.05, 4.69) is 40.3 Å². The lowest BCUT2D eigenvalue weighted by atomic mass is 10.1. The lowest BCUT2D eigenvalue weighted by Crippen LogP contribution is -2.27. The van der Waals surface area contributed by atoms with Gasteiger partial charge in [-0.3, -0.25) is 0 Å². The summed E-state index contributed by atoms with van der Waals surface area (Å²) in [5.41, 5.74) is 1.03. The average Bonchev–Trinajstić information content (AvgIpc) is 2.73. The van der Waals surface area contributed by atoms with Crippen molar-refractivity contribution >= 4 is 27.3 Å². The third-order valence-electron chi connectivity index (χ3n) is 2.68. The van der Waals surface area contributed by atoms with E-state index in [1.54, 1.807) is 23.5 Å². The molecule has 1 N–H and O–H groups in total. The molecule has 0 amide bonds. The van der Waals surface area contributed by atoms with Crippen LogP contribution in [0.4, 0.5) is 4.39 Å². The van der Waals surface area contributed by atoms with E-state index in [0.717, 1.165) is 22.3 Å². The minimum Gasteiger partial charge on any atom is -0.309 e. The number of hydrogen-bond donors (Lipinski definition) is 1. The molecule has 0 radical (unpaired) electrons. The molecule has 1 heterocycles. The van der Waals surface area contributed by atoms with Crippen molar-refractivity contribution in [2.45, 2.75) is 25.9 Å². The molecular weight excluding hydrogens is 313 g/mol. The van der Waals surface area contributed by atoms with Gasteiger partial charge in [0.05, 0.1) is 3.79 Å². The maximum atomic E-state index is 13.0. The first kappa shape index (κ1) is 13.7. The molecule has 0 saturated heterocycles. The molecule has 0 saturated carbocycles. The molecule has 96 valence electrons. The second kappa shape index (κ2) is 6.45. The number of rotatable bonds is 5. The average molecular weight is 328 g/mol. The predicted octanol–water partition coefficient (Wildman–Crippen LogP) is 4.37. The zero-order valence-corrected chi connectivity index (χ0v) is 12.5. The summed E-state index contributed by atoms with van der Waals surface area (Å²) in [5.74, 6) is -0.165. The zero-order chi connectivity index (χ0) is 13.0. The van der Waals surface area contributed by atoms with Gasteiger partial charge in [-0.1, -0.05) is 12.1 Å². The van der Waals surface area contributed by atoms with E-state index in [1.807, 2.05) is 6.07 Å². The number of hydrogen-bond acceptors (Lipinski definition) is 2. The van der Waals surface area contributed by atoms with E-state index < -0.39 is 0 Å². The molecule has 0 fully saturated rings. The minimum atomic E-state index is -0.165. The van der Waals surface area contributed by atoms with Crippen LogP contribution >= 0.6 is 27.3 Å². The van der Waals surface area contributed by atoms with Crippen molar-refractivity contribution < 1.29 is 4.39 Å². The number of halogens is 2. The van der Waals surface area contributed by atoms with Gasteiger partial charge in [0, 0.05) is 17.5 Å². The Morgan fingerprint density at radius 3 is 2.83 bits per heavy atom. The SMILES string of the molecule is CC(Cc1cccc(F)c1)NCc1ccc(Br)s1. The first-order chi connectivity index (χ1) is 8.63. The smallest absolute Gasteiger partial charge is 0.123 e. The fraction of sp³-hybridized carbons (Fsp3) is 0.286. The van der Waals surface area contributed by atoms with Crippen molar-refractivity contribution in [1.82, 2.24) is 5.32 Å². The summed E-state index contributed by atoms with van der Waals surface area (Å²) in [6.07, 6.45) is 0.838. The van der Waals surface area contributed by atoms with Crippen molar-refractivity contribution in [2.24, 2.45) is 0 Å². The summed E-state index contributed by atoms with van der Waals surface area (Å²) in [7, 11) is 0. The first-order valence-corrected chi connectivity index (χ1v) is 7.46. The highest BCUT2D eigenvalue weighted by molar-refractivity contribution is 9.11. The highest BCUT2D eigenvalue weighted by Crippen LogP contribution is 2.21. The molecule has 0 aliphatic carbocycles. The Labute approximate surface area is 119 Å². The quantitative estimate of drug-likeness (QED) is 0.859. The maximum absolute atomic E-state index is 13.0. The lowest BCUT2D eigenvalue weighted by Gasteiger charge is -2.13. The van der Waals surface area contributed by atoms with Crippen molar-refractivity contribution in [2.75, 3.05) is 0 Å². The van der Waals surface area contributed by atoms with Crippen LogP contribution in [0.25, 0.3) is 0 Å². The van der Waals surface area contributed by atoms with Crippen LogP contribution in [-0.2, 0) is 13.0 Å². The zero-order valence-electron chi connectivity index (χ0n) is 10.1. The molecule has 1 aromatic heterocycles. The molecule has 1 unspecified atom stereocenters. The van der Waals surface area contributed by atoms with Crippen LogP contribution < -0.4 is 5.32 Å². The van der Waals surface area contributed by atoms with Crippen LogP contribution in [0.3, 0.4) is 0 Å². The number of thiophene rings is 1. The third kappa shape index (κ3) is 4.19. The van der Waals surface area contributed by atoms with Gasteiger partial charge >= 0.3 is 0 Å². The van der Waals surface area contributed by atoms with Crippen molar-refractivity contribution in [3.63, 3.8) is 0 Å². The molecule has 2 rings (SSSR count). The molecule has 0 aliphatic heterocycles. The molecule has 0 bridgehead atoms. The molecular formula is C14H15BrFNS. The van der Waals surface area contributed by atoms with Crippen LogP contribution in [0.1, 0.15) is 17.4 Å². The van der Waals surface area contributed by atoms with Crippen molar-refractivity contribution in [1.29, 1.82) is 0 Å². The molecule has 1 atom stereocenters. The fourth-order valence-corrected chi connectivity index (χ4v) is 3.25. The predicted molar refractivity (Wildman–Crippen MR) is 78.4 cm³/mol. The van der Waals surface area contributed by atoms with Gasteiger partial charge in [-0.15, -0.1) is 11.3 Å². The van der Waals surface area contributed by atoms with Crippen molar-refractivity contribution in [3.05, 3.63) is 56.4 Å². The van der Waals surface area contributed by atoms with Gasteiger partial charge in [0.25, 0.3) is 0 Å². The van der Waals surface area contributed by atoms with Crippen molar-refractivity contribution in [3.8, 4) is 0 Å². The van der Waals surface area contributed by atoms with E-state index in [4.69, 9.17) is 0 Å². The van der Waals surface area contributed by atoms with Crippen LogP contribution in [0.5, 0.6) is 0 Å². The van der Waals surface area contributed by atoms with Gasteiger partial charge in [-0.05, 0) is 59.1 Å². The third-order valence-corrected chi connectivity index (χ3v) is 4.31. The largest absolute Gasteiger partial charge is 0.309 e. The monoisotopic (exact) mass is 327 g/mol. The Morgan fingerprint density at radius 1 is 1.33 bits per heavy atom. The van der Waals surface area contributed by atoms with Gasteiger partial charge < -0.3 is 5.32 Å². The topological polar surface area (TPSA) is 12.0 Å². The molecule has 4 heteroatoms. The van der Waals surface area contributed by atoms with E-state index in [-0.39, 0.29) is 5.82 Å². The van der Waals surface area contributed by atoms with Gasteiger partial charge in [-0.25, -0.2) is 4.39 Å². The summed E-state index contributed by atoms with van der Waals surface area (Å²) in [5, 5.41) is 3.45. The highest BCUT2D eigenvalue weighted by atomic mass is 79.9. The Balaban J connectivity index is 1.83. The van der Waals surface area contributed by atoms with E-state index in [1.165, 1.54) is 10.9 Å².